The van der Waals surface area contributed by atoms with E-state index >= 15 is 0 Å². The predicted molar refractivity (Wildman–Crippen MR) is 86.6 cm³/mol. The zero-order valence-electron chi connectivity index (χ0n) is 11.7. The van der Waals surface area contributed by atoms with Gasteiger partial charge < -0.3 is 10.6 Å². The van der Waals surface area contributed by atoms with Crippen molar-refractivity contribution in [3.8, 4) is 0 Å². The van der Waals surface area contributed by atoms with Gasteiger partial charge >= 0.3 is 0 Å². The Morgan fingerprint density at radius 1 is 1.35 bits per heavy atom. The minimum Gasteiger partial charge on any atom is -0.335 e. The molecule has 0 radical (unpaired) electrons. The van der Waals surface area contributed by atoms with Crippen LogP contribution in [-0.2, 0) is 0 Å². The largest absolute Gasteiger partial charge is 0.335 e. The summed E-state index contributed by atoms with van der Waals surface area (Å²) in [5.74, 6) is 0.196. The fourth-order valence-corrected chi connectivity index (χ4v) is 5.06. The number of nitrogens with two attached hydrogens (primary N) is 1. The van der Waals surface area contributed by atoms with Crippen molar-refractivity contribution in [1.82, 2.24) is 4.90 Å². The van der Waals surface area contributed by atoms with Crippen molar-refractivity contribution in [3.63, 3.8) is 0 Å². The van der Waals surface area contributed by atoms with Crippen LogP contribution in [0, 0.1) is 0 Å². The number of carbonyl (C=O) groups is 1. The molecule has 3 nitrogen and oxygen atoms in total. The molecule has 0 aromatic carbocycles. The summed E-state index contributed by atoms with van der Waals surface area (Å²) in [7, 11) is 0. The van der Waals surface area contributed by atoms with Gasteiger partial charge in [0.25, 0.3) is 5.91 Å². The van der Waals surface area contributed by atoms with E-state index in [2.05, 4.69) is 18.4 Å². The first-order chi connectivity index (χ1) is 9.69. The highest BCUT2D eigenvalue weighted by Crippen LogP contribution is 2.32. The van der Waals surface area contributed by atoms with Crippen LogP contribution in [0.15, 0.2) is 17.5 Å². The molecule has 108 valence electrons. The molecule has 2 aromatic heterocycles. The summed E-state index contributed by atoms with van der Waals surface area (Å²) in [6.45, 7) is 2.85. The lowest BCUT2D eigenvalue weighted by molar-refractivity contribution is 0.0646. The average Bonchev–Trinajstić information content (AvgIpc) is 3.02. The molecule has 2 N–H and O–H groups in total. The third kappa shape index (κ3) is 2.62. The second kappa shape index (κ2) is 5.84. The van der Waals surface area contributed by atoms with Crippen molar-refractivity contribution < 1.29 is 4.79 Å². The third-order valence-corrected chi connectivity index (χ3v) is 6.22. The maximum atomic E-state index is 12.7. The van der Waals surface area contributed by atoms with Crippen molar-refractivity contribution in [2.45, 2.75) is 44.7 Å². The van der Waals surface area contributed by atoms with Gasteiger partial charge in [0.2, 0.25) is 0 Å². The van der Waals surface area contributed by atoms with E-state index in [-0.39, 0.29) is 5.91 Å². The van der Waals surface area contributed by atoms with Crippen LogP contribution in [0.3, 0.4) is 0 Å². The van der Waals surface area contributed by atoms with Gasteiger partial charge in [-0.15, -0.1) is 22.7 Å². The van der Waals surface area contributed by atoms with Crippen LogP contribution < -0.4 is 5.73 Å². The smallest absolute Gasteiger partial charge is 0.264 e. The van der Waals surface area contributed by atoms with Gasteiger partial charge in [-0.3, -0.25) is 4.79 Å². The minimum absolute atomic E-state index is 0.196. The molecule has 0 aliphatic heterocycles. The number of hydrogen-bond donors (Lipinski definition) is 1. The molecule has 1 aliphatic carbocycles. The van der Waals surface area contributed by atoms with Gasteiger partial charge in [-0.2, -0.15) is 0 Å². The molecule has 1 amide bonds. The number of hydrogen-bond acceptors (Lipinski definition) is 4. The number of amides is 1. The average molecular weight is 308 g/mol. The van der Waals surface area contributed by atoms with E-state index in [1.165, 1.54) is 9.40 Å². The zero-order valence-corrected chi connectivity index (χ0v) is 13.3. The number of thiophene rings is 2. The maximum absolute atomic E-state index is 12.7. The number of fused-ring (bicyclic) bond motifs is 1. The zero-order chi connectivity index (χ0) is 14.1. The molecule has 0 spiro atoms. The lowest BCUT2D eigenvalue weighted by atomic mass is 9.90. The van der Waals surface area contributed by atoms with Crippen molar-refractivity contribution >= 4 is 38.0 Å². The molecule has 2 aromatic rings. The molecule has 5 heteroatoms. The maximum Gasteiger partial charge on any atom is 0.264 e. The van der Waals surface area contributed by atoms with E-state index in [1.807, 2.05) is 11.0 Å². The second-order valence-electron chi connectivity index (χ2n) is 5.42. The summed E-state index contributed by atoms with van der Waals surface area (Å²) in [6.07, 6.45) is 4.16. The van der Waals surface area contributed by atoms with Crippen LogP contribution in [0.25, 0.3) is 9.40 Å². The third-order valence-electron chi connectivity index (χ3n) is 4.13. The lowest BCUT2D eigenvalue weighted by Gasteiger charge is -2.35. The summed E-state index contributed by atoms with van der Waals surface area (Å²) in [5.41, 5.74) is 5.96. The fraction of sp³-hybridized carbons (Fsp3) is 0.533. The Bertz CT molecular complexity index is 567. The molecule has 0 unspecified atom stereocenters. The number of rotatable bonds is 3. The van der Waals surface area contributed by atoms with Crippen LogP contribution >= 0.6 is 22.7 Å². The Kier molecular flexibility index (Phi) is 4.10. The van der Waals surface area contributed by atoms with Crippen molar-refractivity contribution in [2.24, 2.45) is 5.73 Å². The predicted octanol–water partition coefficient (Wildman–Crippen LogP) is 3.69. The summed E-state index contributed by atoms with van der Waals surface area (Å²) < 4.78 is 2.44. The fourth-order valence-electron chi connectivity index (χ4n) is 2.99. The van der Waals surface area contributed by atoms with Crippen LogP contribution in [-0.4, -0.2) is 29.4 Å². The second-order valence-corrected chi connectivity index (χ2v) is 7.45. The summed E-state index contributed by atoms with van der Waals surface area (Å²) in [4.78, 5) is 15.7. The van der Waals surface area contributed by atoms with Crippen molar-refractivity contribution in [1.29, 1.82) is 0 Å². The van der Waals surface area contributed by atoms with Crippen LogP contribution in [0.4, 0.5) is 0 Å². The van der Waals surface area contributed by atoms with Gasteiger partial charge in [-0.1, -0.05) is 0 Å². The van der Waals surface area contributed by atoms with E-state index < -0.39 is 0 Å². The SMILES string of the molecule is CCN(C(=O)c1cc2sccc2s1)C1CCC(N)CC1. The molecule has 2 heterocycles. The molecule has 1 aliphatic rings. The molecule has 0 saturated heterocycles. The van der Waals surface area contributed by atoms with Gasteiger partial charge in [-0.25, -0.2) is 0 Å². The molecule has 3 rings (SSSR count). The molecule has 20 heavy (non-hydrogen) atoms. The molecular weight excluding hydrogens is 288 g/mol. The molecule has 0 atom stereocenters. The normalized spacial score (nSPS) is 23.1. The van der Waals surface area contributed by atoms with E-state index in [4.69, 9.17) is 5.73 Å². The highest BCUT2D eigenvalue weighted by atomic mass is 32.1. The molecule has 0 bridgehead atoms. The Morgan fingerprint density at radius 3 is 2.75 bits per heavy atom. The Morgan fingerprint density at radius 2 is 2.10 bits per heavy atom. The topological polar surface area (TPSA) is 46.3 Å². The standard InChI is InChI=1S/C15H20N2OS2/c1-2-17(11-5-3-10(16)4-6-11)15(18)14-9-13-12(20-14)7-8-19-13/h7-11H,2-6,16H2,1H3. The van der Waals surface area contributed by atoms with E-state index in [0.717, 1.165) is 37.1 Å². The van der Waals surface area contributed by atoms with Gasteiger partial charge in [-0.05, 0) is 50.1 Å². The van der Waals surface area contributed by atoms with Crippen LogP contribution in [0.5, 0.6) is 0 Å². The quantitative estimate of drug-likeness (QED) is 0.940. The summed E-state index contributed by atoms with van der Waals surface area (Å²) in [6, 6.07) is 4.83. The molecule has 1 fully saturated rings. The van der Waals surface area contributed by atoms with Gasteiger partial charge in [0.15, 0.2) is 0 Å². The lowest BCUT2D eigenvalue weighted by Crippen LogP contribution is -2.43. The van der Waals surface area contributed by atoms with Gasteiger partial charge in [0.1, 0.15) is 0 Å². The highest BCUT2D eigenvalue weighted by molar-refractivity contribution is 7.27. The van der Waals surface area contributed by atoms with Gasteiger partial charge in [0.05, 0.1) is 4.88 Å². The monoisotopic (exact) mass is 308 g/mol. The minimum atomic E-state index is 0.196. The highest BCUT2D eigenvalue weighted by Gasteiger charge is 2.28. The van der Waals surface area contributed by atoms with E-state index in [1.54, 1.807) is 22.7 Å². The van der Waals surface area contributed by atoms with Crippen LogP contribution in [0.2, 0.25) is 0 Å². The number of carbonyl (C=O) groups excluding carboxylic acids is 1. The Balaban J connectivity index is 1.78. The molecular formula is C15H20N2OS2. The van der Waals surface area contributed by atoms with E-state index in [9.17, 15) is 4.79 Å². The van der Waals surface area contributed by atoms with E-state index in [0.29, 0.717) is 12.1 Å². The summed E-state index contributed by atoms with van der Waals surface area (Å²) >= 11 is 3.32. The molecule has 1 saturated carbocycles. The van der Waals surface area contributed by atoms with Gasteiger partial charge in [0, 0.05) is 28.0 Å². The first-order valence-electron chi connectivity index (χ1n) is 7.22. The first kappa shape index (κ1) is 14.0. The Hall–Kier alpha value is -0.910. The Labute approximate surface area is 127 Å². The van der Waals surface area contributed by atoms with Crippen molar-refractivity contribution in [3.05, 3.63) is 22.4 Å². The first-order valence-corrected chi connectivity index (χ1v) is 8.92. The summed E-state index contributed by atoms with van der Waals surface area (Å²) in [5, 5.41) is 2.08. The van der Waals surface area contributed by atoms with Crippen LogP contribution in [0.1, 0.15) is 42.3 Å². The number of nitrogens with zero attached hydrogens (tertiary/aromatic N) is 1. The van der Waals surface area contributed by atoms with Crippen molar-refractivity contribution in [2.75, 3.05) is 6.54 Å².